The molecule has 0 amide bonds. The Morgan fingerprint density at radius 2 is 1.75 bits per heavy atom. The number of carbonyl (C=O) groups is 1. The highest BCUT2D eigenvalue weighted by Crippen LogP contribution is 2.09. The average molecular weight is 298 g/mol. The van der Waals surface area contributed by atoms with Gasteiger partial charge in [0, 0.05) is 6.42 Å². The summed E-state index contributed by atoms with van der Waals surface area (Å²) in [6.07, 6.45) is 17.3. The fourth-order valence-electron chi connectivity index (χ4n) is 1.78. The van der Waals surface area contributed by atoms with Crippen molar-refractivity contribution in [3.05, 3.63) is 23.6 Å². The molecule has 0 aromatic rings. The predicted molar refractivity (Wildman–Crippen MR) is 90.2 cm³/mol. The van der Waals surface area contributed by atoms with Crippen molar-refractivity contribution in [2.24, 2.45) is 0 Å². The molecule has 3 heteroatoms. The third kappa shape index (κ3) is 17.3. The highest BCUT2D eigenvalue weighted by molar-refractivity contribution is 8.02. The van der Waals surface area contributed by atoms with Gasteiger partial charge in [0.15, 0.2) is 0 Å². The van der Waals surface area contributed by atoms with Gasteiger partial charge >= 0.3 is 5.97 Å². The van der Waals surface area contributed by atoms with Crippen LogP contribution in [0.2, 0.25) is 0 Å². The van der Waals surface area contributed by atoms with Gasteiger partial charge < -0.3 is 5.11 Å². The highest BCUT2D eigenvalue weighted by atomic mass is 32.2. The van der Waals surface area contributed by atoms with Crippen molar-refractivity contribution in [2.45, 2.75) is 71.1 Å². The molecule has 0 aromatic heterocycles. The first-order valence-corrected chi connectivity index (χ1v) is 8.95. The lowest BCUT2D eigenvalue weighted by atomic mass is 10.1. The highest BCUT2D eigenvalue weighted by Gasteiger charge is 1.95. The van der Waals surface area contributed by atoms with E-state index in [1.807, 2.05) is 11.8 Å². The molecule has 0 aliphatic rings. The molecule has 1 N–H and O–H groups in total. The largest absolute Gasteiger partial charge is 0.481 e. The Balaban J connectivity index is 3.17. The SMILES string of the molecule is CCCCS/C=C\C/C=C\CCCCCCCC(=O)O. The summed E-state index contributed by atoms with van der Waals surface area (Å²) in [5.41, 5.74) is 0. The number of hydrogen-bond acceptors (Lipinski definition) is 2. The van der Waals surface area contributed by atoms with Gasteiger partial charge in [0.05, 0.1) is 0 Å². The molecule has 0 spiro atoms. The van der Waals surface area contributed by atoms with Gasteiger partial charge in [-0.15, -0.1) is 11.8 Å². The number of unbranched alkanes of at least 4 members (excludes halogenated alkanes) is 6. The number of carboxylic acids is 1. The number of allylic oxidation sites excluding steroid dienone is 3. The molecule has 116 valence electrons. The fourth-order valence-corrected chi connectivity index (χ4v) is 2.62. The van der Waals surface area contributed by atoms with E-state index < -0.39 is 5.97 Å². The molecule has 0 atom stereocenters. The molecule has 0 unspecified atom stereocenters. The van der Waals surface area contributed by atoms with Crippen molar-refractivity contribution in [3.63, 3.8) is 0 Å². The number of aliphatic carboxylic acids is 1. The van der Waals surface area contributed by atoms with Crippen LogP contribution in [0.1, 0.15) is 71.1 Å². The Morgan fingerprint density at radius 1 is 1.00 bits per heavy atom. The van der Waals surface area contributed by atoms with Gasteiger partial charge in [-0.25, -0.2) is 0 Å². The van der Waals surface area contributed by atoms with E-state index in [0.29, 0.717) is 6.42 Å². The Morgan fingerprint density at radius 3 is 2.50 bits per heavy atom. The summed E-state index contributed by atoms with van der Waals surface area (Å²) in [6, 6.07) is 0. The van der Waals surface area contributed by atoms with E-state index in [4.69, 9.17) is 5.11 Å². The minimum absolute atomic E-state index is 0.322. The topological polar surface area (TPSA) is 37.3 Å². The zero-order chi connectivity index (χ0) is 14.9. The fraction of sp³-hybridized carbons (Fsp3) is 0.706. The molecule has 0 aliphatic carbocycles. The van der Waals surface area contributed by atoms with Crippen molar-refractivity contribution in [3.8, 4) is 0 Å². The summed E-state index contributed by atoms with van der Waals surface area (Å²) in [7, 11) is 0. The minimum atomic E-state index is -0.672. The van der Waals surface area contributed by atoms with Crippen LogP contribution in [-0.2, 0) is 4.79 Å². The van der Waals surface area contributed by atoms with Crippen LogP contribution in [0.25, 0.3) is 0 Å². The van der Waals surface area contributed by atoms with Crippen LogP contribution in [0.4, 0.5) is 0 Å². The zero-order valence-corrected chi connectivity index (χ0v) is 13.7. The number of carboxylic acid groups (broad SMARTS) is 1. The third-order valence-corrected chi connectivity index (χ3v) is 3.92. The van der Waals surface area contributed by atoms with Crippen molar-refractivity contribution in [1.82, 2.24) is 0 Å². The van der Waals surface area contributed by atoms with Gasteiger partial charge in [0.2, 0.25) is 0 Å². The first kappa shape index (κ1) is 19.3. The lowest BCUT2D eigenvalue weighted by Gasteiger charge is -1.98. The van der Waals surface area contributed by atoms with Crippen molar-refractivity contribution in [2.75, 3.05) is 5.75 Å². The summed E-state index contributed by atoms with van der Waals surface area (Å²) in [5, 5.41) is 10.7. The normalized spacial score (nSPS) is 11.7. The Labute approximate surface area is 128 Å². The molecule has 0 fully saturated rings. The summed E-state index contributed by atoms with van der Waals surface area (Å²) in [6.45, 7) is 2.22. The summed E-state index contributed by atoms with van der Waals surface area (Å²) in [4.78, 5) is 10.3. The van der Waals surface area contributed by atoms with Crippen LogP contribution in [0.3, 0.4) is 0 Å². The van der Waals surface area contributed by atoms with Crippen LogP contribution < -0.4 is 0 Å². The van der Waals surface area contributed by atoms with Crippen LogP contribution in [0, 0.1) is 0 Å². The maximum absolute atomic E-state index is 10.3. The van der Waals surface area contributed by atoms with Gasteiger partial charge in [-0.2, -0.15) is 0 Å². The van der Waals surface area contributed by atoms with Gasteiger partial charge in [-0.1, -0.05) is 50.8 Å². The van der Waals surface area contributed by atoms with E-state index in [0.717, 1.165) is 32.1 Å². The number of thioether (sulfide) groups is 1. The van der Waals surface area contributed by atoms with E-state index in [2.05, 4.69) is 30.6 Å². The molecule has 0 radical (unpaired) electrons. The summed E-state index contributed by atoms with van der Waals surface area (Å²) < 4.78 is 0. The number of rotatable bonds is 14. The molecule has 0 aromatic carbocycles. The maximum atomic E-state index is 10.3. The second-order valence-corrected chi connectivity index (χ2v) is 6.02. The smallest absolute Gasteiger partial charge is 0.303 e. The van der Waals surface area contributed by atoms with E-state index in [1.54, 1.807) is 0 Å². The molecule has 0 saturated carbocycles. The Bertz CT molecular complexity index is 272. The van der Waals surface area contributed by atoms with Crippen LogP contribution in [0.5, 0.6) is 0 Å². The second-order valence-electron chi connectivity index (χ2n) is 5.00. The van der Waals surface area contributed by atoms with E-state index in [-0.39, 0.29) is 0 Å². The summed E-state index contributed by atoms with van der Waals surface area (Å²) >= 11 is 1.90. The van der Waals surface area contributed by atoms with Gasteiger partial charge in [0.1, 0.15) is 0 Å². The standard InChI is InChI=1S/C17H30O2S/c1-2-3-15-20-16-13-11-9-7-5-4-6-8-10-12-14-17(18)19/h7,9,13,16H,2-6,8,10-12,14-15H2,1H3,(H,18,19)/b9-7-,16-13-. The molecule has 2 nitrogen and oxygen atoms in total. The maximum Gasteiger partial charge on any atom is 0.303 e. The quantitative estimate of drug-likeness (QED) is 0.325. The van der Waals surface area contributed by atoms with Gasteiger partial charge in [-0.3, -0.25) is 4.79 Å². The predicted octanol–water partition coefficient (Wildman–Crippen LogP) is 5.80. The van der Waals surface area contributed by atoms with Crippen LogP contribution in [-0.4, -0.2) is 16.8 Å². The Kier molecular flexibility index (Phi) is 15.8. The van der Waals surface area contributed by atoms with E-state index >= 15 is 0 Å². The average Bonchev–Trinajstić information content (AvgIpc) is 2.43. The number of hydrogen-bond donors (Lipinski definition) is 1. The second kappa shape index (κ2) is 16.4. The van der Waals surface area contributed by atoms with Crippen molar-refractivity contribution >= 4 is 17.7 Å². The van der Waals surface area contributed by atoms with Gasteiger partial charge in [-0.05, 0) is 43.3 Å². The minimum Gasteiger partial charge on any atom is -0.481 e. The monoisotopic (exact) mass is 298 g/mol. The van der Waals surface area contributed by atoms with Crippen molar-refractivity contribution in [1.29, 1.82) is 0 Å². The molecule has 0 bridgehead atoms. The third-order valence-electron chi connectivity index (χ3n) is 3.01. The molecule has 0 heterocycles. The molecular weight excluding hydrogens is 268 g/mol. The Hall–Kier alpha value is -0.700. The van der Waals surface area contributed by atoms with E-state index in [1.165, 1.54) is 31.4 Å². The molecule has 0 aliphatic heterocycles. The molecule has 0 rings (SSSR count). The van der Waals surface area contributed by atoms with Crippen LogP contribution in [0.15, 0.2) is 23.6 Å². The van der Waals surface area contributed by atoms with Crippen LogP contribution >= 0.6 is 11.8 Å². The lowest BCUT2D eigenvalue weighted by Crippen LogP contribution is -1.93. The van der Waals surface area contributed by atoms with Gasteiger partial charge in [0.25, 0.3) is 0 Å². The summed E-state index contributed by atoms with van der Waals surface area (Å²) in [5.74, 6) is 0.562. The first-order chi connectivity index (χ1) is 9.77. The lowest BCUT2D eigenvalue weighted by molar-refractivity contribution is -0.137. The first-order valence-electron chi connectivity index (χ1n) is 7.90. The molecule has 0 saturated heterocycles. The van der Waals surface area contributed by atoms with E-state index in [9.17, 15) is 4.79 Å². The zero-order valence-electron chi connectivity index (χ0n) is 12.9. The molecular formula is C17H30O2S. The molecule has 20 heavy (non-hydrogen) atoms. The van der Waals surface area contributed by atoms with Crippen molar-refractivity contribution < 1.29 is 9.90 Å².